The van der Waals surface area contributed by atoms with E-state index in [1.807, 2.05) is 0 Å². The average Bonchev–Trinajstić information content (AvgIpc) is 2.26. The minimum atomic E-state index is -0.337. The molecule has 4 nitrogen and oxygen atoms in total. The van der Waals surface area contributed by atoms with E-state index in [1.54, 1.807) is 31.2 Å². The van der Waals surface area contributed by atoms with Gasteiger partial charge in [-0.05, 0) is 26.0 Å². The number of carbonyl (C=O) groups is 1. The van der Waals surface area contributed by atoms with E-state index < -0.39 is 0 Å². The number of ketones is 1. The van der Waals surface area contributed by atoms with Gasteiger partial charge in [0.1, 0.15) is 0 Å². The maximum atomic E-state index is 12.0. The highest BCUT2D eigenvalue weighted by molar-refractivity contribution is 5.98. The lowest BCUT2D eigenvalue weighted by Gasteiger charge is -2.10. The van der Waals surface area contributed by atoms with Gasteiger partial charge in [-0.1, -0.05) is 12.1 Å². The molecule has 0 radical (unpaired) electrons. The molecule has 16 heavy (non-hydrogen) atoms. The molecule has 0 unspecified atom stereocenters. The highest BCUT2D eigenvalue weighted by atomic mass is 16.5. The van der Waals surface area contributed by atoms with Crippen LogP contribution < -0.4 is 5.43 Å². The van der Waals surface area contributed by atoms with Gasteiger partial charge < -0.3 is 5.21 Å². The van der Waals surface area contributed by atoms with Crippen LogP contribution in [0.25, 0.3) is 10.9 Å². The molecule has 0 spiro atoms. The smallest absolute Gasteiger partial charge is 0.200 e. The molecular weight excluding hydrogens is 206 g/mol. The zero-order valence-corrected chi connectivity index (χ0v) is 9.02. The van der Waals surface area contributed by atoms with E-state index in [2.05, 4.69) is 0 Å². The molecule has 0 aliphatic heterocycles. The first kappa shape index (κ1) is 10.4. The molecule has 0 bridgehead atoms. The molecule has 0 aliphatic carbocycles. The van der Waals surface area contributed by atoms with E-state index in [-0.39, 0.29) is 22.5 Å². The van der Waals surface area contributed by atoms with Gasteiger partial charge in [0.25, 0.3) is 0 Å². The summed E-state index contributed by atoms with van der Waals surface area (Å²) in [6, 6.07) is 6.65. The van der Waals surface area contributed by atoms with Gasteiger partial charge in [0.15, 0.2) is 5.78 Å². The maximum Gasteiger partial charge on any atom is 0.200 e. The number of pyridine rings is 1. The van der Waals surface area contributed by atoms with E-state index in [4.69, 9.17) is 0 Å². The lowest BCUT2D eigenvalue weighted by molar-refractivity contribution is 0.101. The van der Waals surface area contributed by atoms with Gasteiger partial charge in [-0.3, -0.25) is 9.59 Å². The summed E-state index contributed by atoms with van der Waals surface area (Å²) < 4.78 is 0.882. The second-order valence-electron chi connectivity index (χ2n) is 3.67. The third kappa shape index (κ3) is 1.31. The number of nitrogens with zero attached hydrogens (tertiary/aromatic N) is 1. The standard InChI is InChI=1S/C12H11NO3/c1-7-11(8(2)14)12(15)9-5-3-4-6-10(9)13(7)16/h3-6,16H,1-2H3. The molecule has 82 valence electrons. The van der Waals surface area contributed by atoms with Gasteiger partial charge in [0, 0.05) is 5.39 Å². The van der Waals surface area contributed by atoms with Crippen LogP contribution in [0.2, 0.25) is 0 Å². The van der Waals surface area contributed by atoms with E-state index in [0.29, 0.717) is 10.9 Å². The molecule has 1 heterocycles. The minimum absolute atomic E-state index is 0.0428. The molecule has 0 saturated carbocycles. The van der Waals surface area contributed by atoms with Crippen LogP contribution in [0.5, 0.6) is 0 Å². The Morgan fingerprint density at radius 1 is 1.31 bits per heavy atom. The number of rotatable bonds is 1. The molecule has 2 aromatic rings. The van der Waals surface area contributed by atoms with Crippen molar-refractivity contribution in [1.82, 2.24) is 4.73 Å². The molecule has 0 atom stereocenters. The Morgan fingerprint density at radius 3 is 2.56 bits per heavy atom. The van der Waals surface area contributed by atoms with Crippen LogP contribution in [0.3, 0.4) is 0 Å². The Kier molecular flexibility index (Phi) is 2.27. The number of fused-ring (bicyclic) bond motifs is 1. The summed E-state index contributed by atoms with van der Waals surface area (Å²) in [5, 5.41) is 10.2. The van der Waals surface area contributed by atoms with Crippen LogP contribution in [-0.2, 0) is 0 Å². The van der Waals surface area contributed by atoms with Gasteiger partial charge in [-0.15, -0.1) is 0 Å². The van der Waals surface area contributed by atoms with E-state index in [9.17, 15) is 14.8 Å². The van der Waals surface area contributed by atoms with Crippen molar-refractivity contribution in [3.05, 3.63) is 45.7 Å². The maximum absolute atomic E-state index is 12.0. The van der Waals surface area contributed by atoms with E-state index >= 15 is 0 Å². The summed E-state index contributed by atoms with van der Waals surface area (Å²) in [5.74, 6) is -0.337. The van der Waals surface area contributed by atoms with Crippen molar-refractivity contribution in [3.63, 3.8) is 0 Å². The number of Topliss-reactive ketones (excluding diaryl/α,β-unsaturated/α-hetero) is 1. The summed E-state index contributed by atoms with van der Waals surface area (Å²) in [6.45, 7) is 2.86. The molecule has 0 amide bonds. The second-order valence-corrected chi connectivity index (χ2v) is 3.67. The number of benzene rings is 1. The molecule has 4 heteroatoms. The Hall–Kier alpha value is -2.10. The molecule has 1 aromatic carbocycles. The Labute approximate surface area is 91.7 Å². The first-order chi connectivity index (χ1) is 7.54. The highest BCUT2D eigenvalue weighted by Crippen LogP contribution is 2.14. The van der Waals surface area contributed by atoms with Crippen molar-refractivity contribution < 1.29 is 10.0 Å². The SMILES string of the molecule is CC(=O)c1c(C)n(O)c2ccccc2c1=O. The summed E-state index contributed by atoms with van der Waals surface area (Å²) in [7, 11) is 0. The van der Waals surface area contributed by atoms with Gasteiger partial charge in [-0.2, -0.15) is 4.73 Å². The van der Waals surface area contributed by atoms with E-state index in [1.165, 1.54) is 6.92 Å². The lowest BCUT2D eigenvalue weighted by atomic mass is 10.1. The van der Waals surface area contributed by atoms with Crippen LogP contribution in [0.15, 0.2) is 29.1 Å². The van der Waals surface area contributed by atoms with Crippen molar-refractivity contribution >= 4 is 16.7 Å². The molecule has 2 rings (SSSR count). The largest absolute Gasteiger partial charge is 0.428 e. The number of carbonyl (C=O) groups excluding carboxylic acids is 1. The summed E-state index contributed by atoms with van der Waals surface area (Å²) >= 11 is 0. The van der Waals surface area contributed by atoms with E-state index in [0.717, 1.165) is 4.73 Å². The van der Waals surface area contributed by atoms with Crippen molar-refractivity contribution in [2.24, 2.45) is 0 Å². The molecule has 0 fully saturated rings. The predicted octanol–water partition coefficient (Wildman–Crippen LogP) is 1.75. The quantitative estimate of drug-likeness (QED) is 0.584. The first-order valence-electron chi connectivity index (χ1n) is 4.88. The van der Waals surface area contributed by atoms with Crippen molar-refractivity contribution in [2.75, 3.05) is 0 Å². The summed E-state index contributed by atoms with van der Waals surface area (Å²) in [4.78, 5) is 23.4. The van der Waals surface area contributed by atoms with Gasteiger partial charge in [0.2, 0.25) is 5.43 Å². The molecule has 0 aliphatic rings. The number of para-hydroxylation sites is 1. The predicted molar refractivity (Wildman–Crippen MR) is 60.1 cm³/mol. The van der Waals surface area contributed by atoms with Gasteiger partial charge in [0.05, 0.1) is 16.8 Å². The molecule has 1 N–H and O–H groups in total. The van der Waals surface area contributed by atoms with Crippen LogP contribution in [-0.4, -0.2) is 15.7 Å². The van der Waals surface area contributed by atoms with Crippen molar-refractivity contribution in [1.29, 1.82) is 0 Å². The summed E-state index contributed by atoms with van der Waals surface area (Å²) in [6.07, 6.45) is 0. The monoisotopic (exact) mass is 217 g/mol. The van der Waals surface area contributed by atoms with Crippen LogP contribution in [0, 0.1) is 6.92 Å². The minimum Gasteiger partial charge on any atom is -0.428 e. The second kappa shape index (κ2) is 3.48. The van der Waals surface area contributed by atoms with Crippen molar-refractivity contribution in [3.8, 4) is 0 Å². The van der Waals surface area contributed by atoms with Crippen LogP contribution in [0.1, 0.15) is 23.0 Å². The Morgan fingerprint density at radius 2 is 1.94 bits per heavy atom. The third-order valence-corrected chi connectivity index (χ3v) is 2.64. The van der Waals surface area contributed by atoms with Gasteiger partial charge >= 0.3 is 0 Å². The molecule has 1 aromatic heterocycles. The fourth-order valence-corrected chi connectivity index (χ4v) is 1.85. The van der Waals surface area contributed by atoms with Crippen LogP contribution in [0.4, 0.5) is 0 Å². The fourth-order valence-electron chi connectivity index (χ4n) is 1.85. The Bertz CT molecular complexity index is 640. The van der Waals surface area contributed by atoms with Gasteiger partial charge in [-0.25, -0.2) is 0 Å². The zero-order chi connectivity index (χ0) is 11.9. The Balaban J connectivity index is 3.07. The lowest BCUT2D eigenvalue weighted by Crippen LogP contribution is -2.20. The zero-order valence-electron chi connectivity index (χ0n) is 9.02. The number of hydrogen-bond acceptors (Lipinski definition) is 3. The highest BCUT2D eigenvalue weighted by Gasteiger charge is 2.16. The first-order valence-corrected chi connectivity index (χ1v) is 4.88. The van der Waals surface area contributed by atoms with Crippen molar-refractivity contribution in [2.45, 2.75) is 13.8 Å². The summed E-state index contributed by atoms with van der Waals surface area (Å²) in [5.41, 5.74) is 0.401. The molecule has 0 saturated heterocycles. The number of aromatic nitrogens is 1. The molecular formula is C12H11NO3. The topological polar surface area (TPSA) is 59.3 Å². The van der Waals surface area contributed by atoms with Crippen LogP contribution >= 0.6 is 0 Å². The normalized spacial score (nSPS) is 10.6. The fraction of sp³-hybridized carbons (Fsp3) is 0.167. The number of hydrogen-bond donors (Lipinski definition) is 1. The average molecular weight is 217 g/mol. The third-order valence-electron chi connectivity index (χ3n) is 2.64.